The summed E-state index contributed by atoms with van der Waals surface area (Å²) >= 11 is 2.99. The predicted octanol–water partition coefficient (Wildman–Crippen LogP) is 5.15. The average Bonchev–Trinajstić information content (AvgIpc) is 3.34. The molecule has 0 spiro atoms. The molecule has 0 aliphatic heterocycles. The Morgan fingerprint density at radius 2 is 1.85 bits per heavy atom. The van der Waals surface area contributed by atoms with Gasteiger partial charge in [-0.2, -0.15) is 0 Å². The number of ether oxygens (including phenoxy) is 1. The number of thiophene rings is 2. The fraction of sp³-hybridized carbons (Fsp3) is 0.143. The normalized spacial score (nSPS) is 11.3. The summed E-state index contributed by atoms with van der Waals surface area (Å²) in [6, 6.07) is 13.4. The summed E-state index contributed by atoms with van der Waals surface area (Å²) in [5.74, 6) is -0.874. The summed E-state index contributed by atoms with van der Waals surface area (Å²) in [5.41, 5.74) is 3.18. The number of esters is 1. The molecule has 1 N–H and O–H groups in total. The number of aryl methyl sites for hydroxylation is 2. The highest BCUT2D eigenvalue weighted by Gasteiger charge is 2.17. The Balaban J connectivity index is 1.67. The molecule has 0 unspecified atom stereocenters. The van der Waals surface area contributed by atoms with Crippen LogP contribution >= 0.6 is 22.7 Å². The van der Waals surface area contributed by atoms with Crippen LogP contribution in [0, 0.1) is 13.8 Å². The molecule has 2 aromatic heterocycles. The summed E-state index contributed by atoms with van der Waals surface area (Å²) in [4.78, 5) is 26.6. The van der Waals surface area contributed by atoms with Gasteiger partial charge in [-0.15, -0.1) is 22.7 Å². The first-order chi connectivity index (χ1) is 13.0. The van der Waals surface area contributed by atoms with E-state index >= 15 is 0 Å². The topological polar surface area (TPSA) is 55.4 Å². The molecule has 0 aliphatic carbocycles. The van der Waals surface area contributed by atoms with Crippen molar-refractivity contribution in [2.45, 2.75) is 13.8 Å². The maximum absolute atomic E-state index is 12.6. The van der Waals surface area contributed by atoms with Gasteiger partial charge in [0, 0.05) is 15.4 Å². The Hall–Kier alpha value is -2.70. The third-order valence-electron chi connectivity index (χ3n) is 3.84. The van der Waals surface area contributed by atoms with Gasteiger partial charge in [0.2, 0.25) is 0 Å². The maximum atomic E-state index is 12.6. The smallest absolute Gasteiger partial charge is 0.340 e. The highest BCUT2D eigenvalue weighted by Crippen LogP contribution is 2.26. The van der Waals surface area contributed by atoms with E-state index < -0.39 is 5.97 Å². The van der Waals surface area contributed by atoms with Gasteiger partial charge in [-0.3, -0.25) is 4.79 Å². The van der Waals surface area contributed by atoms with Crippen molar-refractivity contribution in [3.63, 3.8) is 0 Å². The van der Waals surface area contributed by atoms with Gasteiger partial charge < -0.3 is 10.1 Å². The fourth-order valence-electron chi connectivity index (χ4n) is 2.44. The number of carbonyl (C=O) groups is 2. The monoisotopic (exact) mass is 397 g/mol. The van der Waals surface area contributed by atoms with Crippen LogP contribution in [-0.4, -0.2) is 18.5 Å². The van der Waals surface area contributed by atoms with E-state index in [-0.39, 0.29) is 12.5 Å². The zero-order valence-electron chi connectivity index (χ0n) is 15.0. The first-order valence-corrected chi connectivity index (χ1v) is 10.1. The standard InChI is InChI=1S/C21H19NO3S2/c1-14-7-8-15(2)18(11-14)22-20(23)13-25-21(24)17(19-6-4-10-27-19)12-16-5-3-9-26-16/h3-12H,13H2,1-2H3,(H,22,23)/b17-12+. The Morgan fingerprint density at radius 1 is 1.07 bits per heavy atom. The lowest BCUT2D eigenvalue weighted by atomic mass is 10.1. The van der Waals surface area contributed by atoms with E-state index in [2.05, 4.69) is 5.32 Å². The fourth-order valence-corrected chi connectivity index (χ4v) is 3.83. The first-order valence-electron chi connectivity index (χ1n) is 8.36. The van der Waals surface area contributed by atoms with Crippen LogP contribution in [0.2, 0.25) is 0 Å². The van der Waals surface area contributed by atoms with Crippen LogP contribution in [0.4, 0.5) is 5.69 Å². The molecule has 1 amide bonds. The highest BCUT2D eigenvalue weighted by molar-refractivity contribution is 7.12. The van der Waals surface area contributed by atoms with Crippen molar-refractivity contribution in [3.05, 3.63) is 74.1 Å². The van der Waals surface area contributed by atoms with E-state index in [1.165, 1.54) is 22.7 Å². The minimum absolute atomic E-state index is 0.334. The second kappa shape index (κ2) is 8.79. The molecule has 0 aliphatic rings. The van der Waals surface area contributed by atoms with E-state index in [4.69, 9.17) is 4.74 Å². The van der Waals surface area contributed by atoms with Gasteiger partial charge in [-0.25, -0.2) is 4.79 Å². The molecule has 0 atom stereocenters. The van der Waals surface area contributed by atoms with Crippen LogP contribution in [0.25, 0.3) is 11.6 Å². The molecule has 27 heavy (non-hydrogen) atoms. The molecule has 2 heterocycles. The van der Waals surface area contributed by atoms with Crippen LogP contribution in [0.1, 0.15) is 20.9 Å². The van der Waals surface area contributed by atoms with Crippen molar-refractivity contribution in [3.8, 4) is 0 Å². The second-order valence-electron chi connectivity index (χ2n) is 5.99. The molecular weight excluding hydrogens is 378 g/mol. The van der Waals surface area contributed by atoms with Crippen molar-refractivity contribution < 1.29 is 14.3 Å². The van der Waals surface area contributed by atoms with Gasteiger partial charge >= 0.3 is 5.97 Å². The van der Waals surface area contributed by atoms with E-state index in [0.29, 0.717) is 5.57 Å². The van der Waals surface area contributed by atoms with Crippen molar-refractivity contribution in [2.24, 2.45) is 0 Å². The number of rotatable bonds is 6. The molecule has 3 rings (SSSR count). The third kappa shape index (κ3) is 5.15. The maximum Gasteiger partial charge on any atom is 0.340 e. The first kappa shape index (κ1) is 19.1. The van der Waals surface area contributed by atoms with E-state index in [1.807, 2.05) is 67.1 Å². The van der Waals surface area contributed by atoms with Crippen LogP contribution < -0.4 is 5.32 Å². The van der Waals surface area contributed by atoms with E-state index in [9.17, 15) is 9.59 Å². The number of benzene rings is 1. The Labute approximate surface area is 166 Å². The molecule has 4 nitrogen and oxygen atoms in total. The molecule has 0 bridgehead atoms. The SMILES string of the molecule is Cc1ccc(C)c(NC(=O)COC(=O)/C(=C/c2cccs2)c2cccs2)c1. The number of hydrogen-bond acceptors (Lipinski definition) is 5. The lowest BCUT2D eigenvalue weighted by molar-refractivity contribution is -0.141. The summed E-state index contributed by atoms with van der Waals surface area (Å²) in [6.45, 7) is 3.54. The minimum Gasteiger partial charge on any atom is -0.452 e. The minimum atomic E-state index is -0.512. The zero-order chi connectivity index (χ0) is 19.2. The number of anilines is 1. The van der Waals surface area contributed by atoms with Gasteiger partial charge in [-0.05, 0) is 60.0 Å². The van der Waals surface area contributed by atoms with Gasteiger partial charge in [0.1, 0.15) is 0 Å². The molecule has 0 radical (unpaired) electrons. The molecule has 138 valence electrons. The average molecular weight is 398 g/mol. The summed E-state index contributed by atoms with van der Waals surface area (Å²) < 4.78 is 5.27. The summed E-state index contributed by atoms with van der Waals surface area (Å²) in [5, 5.41) is 6.64. The lowest BCUT2D eigenvalue weighted by Crippen LogP contribution is -2.21. The van der Waals surface area contributed by atoms with Crippen LogP contribution in [0.3, 0.4) is 0 Å². The van der Waals surface area contributed by atoms with Crippen LogP contribution in [0.5, 0.6) is 0 Å². The van der Waals surface area contributed by atoms with Gasteiger partial charge in [-0.1, -0.05) is 24.3 Å². The number of hydrogen-bond donors (Lipinski definition) is 1. The van der Waals surface area contributed by atoms with Crippen molar-refractivity contribution in [1.29, 1.82) is 0 Å². The zero-order valence-corrected chi connectivity index (χ0v) is 16.7. The quantitative estimate of drug-likeness (QED) is 0.462. The second-order valence-corrected chi connectivity index (χ2v) is 7.92. The molecule has 1 aromatic carbocycles. The Bertz CT molecular complexity index is 957. The van der Waals surface area contributed by atoms with Gasteiger partial charge in [0.15, 0.2) is 6.61 Å². The molecule has 0 saturated heterocycles. The molecule has 0 saturated carbocycles. The lowest BCUT2D eigenvalue weighted by Gasteiger charge is -2.10. The van der Waals surface area contributed by atoms with Crippen LogP contribution in [0.15, 0.2) is 53.2 Å². The molecule has 3 aromatic rings. The van der Waals surface area contributed by atoms with Crippen molar-refractivity contribution >= 4 is 51.9 Å². The van der Waals surface area contributed by atoms with Gasteiger partial charge in [0.25, 0.3) is 5.91 Å². The van der Waals surface area contributed by atoms with E-state index in [1.54, 1.807) is 6.08 Å². The largest absolute Gasteiger partial charge is 0.452 e. The van der Waals surface area contributed by atoms with Crippen LogP contribution in [-0.2, 0) is 14.3 Å². The summed E-state index contributed by atoms with van der Waals surface area (Å²) in [7, 11) is 0. The number of nitrogens with one attached hydrogen (secondary N) is 1. The molecule has 0 fully saturated rings. The number of amides is 1. The van der Waals surface area contributed by atoms with Crippen molar-refractivity contribution in [2.75, 3.05) is 11.9 Å². The Morgan fingerprint density at radius 3 is 2.56 bits per heavy atom. The Kier molecular flexibility index (Phi) is 6.21. The predicted molar refractivity (Wildman–Crippen MR) is 112 cm³/mol. The summed E-state index contributed by atoms with van der Waals surface area (Å²) in [6.07, 6.45) is 1.79. The molecular formula is C21H19NO3S2. The molecule has 6 heteroatoms. The van der Waals surface area contributed by atoms with Crippen molar-refractivity contribution in [1.82, 2.24) is 0 Å². The third-order valence-corrected chi connectivity index (χ3v) is 5.56. The van der Waals surface area contributed by atoms with E-state index in [0.717, 1.165) is 26.6 Å². The number of carbonyl (C=O) groups excluding carboxylic acids is 2. The highest BCUT2D eigenvalue weighted by atomic mass is 32.1. The van der Waals surface area contributed by atoms with Gasteiger partial charge in [0.05, 0.1) is 5.57 Å².